The molecular formula is C22H37IN4O3. The predicted octanol–water partition coefficient (Wildman–Crippen LogP) is 3.81. The van der Waals surface area contributed by atoms with Crippen LogP contribution in [-0.2, 0) is 10.2 Å². The molecule has 30 heavy (non-hydrogen) atoms. The quantitative estimate of drug-likeness (QED) is 0.283. The SMILES string of the molecule is CN=C(NCC(C)(C)NC(=O)OC(C)(C)C)NCC1(c2ccc(OC)cc2)CC1.I. The fourth-order valence-electron chi connectivity index (χ4n) is 3.07. The Kier molecular flexibility index (Phi) is 9.25. The molecule has 1 aliphatic carbocycles. The van der Waals surface area contributed by atoms with Gasteiger partial charge in [0, 0.05) is 25.6 Å². The molecule has 0 spiro atoms. The van der Waals surface area contributed by atoms with Crippen molar-refractivity contribution in [2.24, 2.45) is 4.99 Å². The lowest BCUT2D eigenvalue weighted by molar-refractivity contribution is 0.0474. The highest BCUT2D eigenvalue weighted by molar-refractivity contribution is 14.0. The molecule has 0 heterocycles. The number of halogens is 1. The predicted molar refractivity (Wildman–Crippen MR) is 132 cm³/mol. The lowest BCUT2D eigenvalue weighted by atomic mass is 9.96. The molecule has 0 bridgehead atoms. The molecular weight excluding hydrogens is 495 g/mol. The second-order valence-electron chi connectivity index (χ2n) is 9.30. The van der Waals surface area contributed by atoms with Gasteiger partial charge in [0.15, 0.2) is 5.96 Å². The molecule has 0 aromatic heterocycles. The summed E-state index contributed by atoms with van der Waals surface area (Å²) in [6.07, 6.45) is 1.87. The van der Waals surface area contributed by atoms with E-state index in [1.165, 1.54) is 5.56 Å². The van der Waals surface area contributed by atoms with E-state index in [0.29, 0.717) is 12.5 Å². The number of methoxy groups -OCH3 is 1. The number of ether oxygens (including phenoxy) is 2. The van der Waals surface area contributed by atoms with Crippen molar-refractivity contribution in [3.8, 4) is 5.75 Å². The number of carbonyl (C=O) groups is 1. The Morgan fingerprint density at radius 1 is 1.10 bits per heavy atom. The Morgan fingerprint density at radius 3 is 2.17 bits per heavy atom. The number of amides is 1. The van der Waals surface area contributed by atoms with E-state index in [1.807, 2.05) is 46.8 Å². The van der Waals surface area contributed by atoms with Crippen molar-refractivity contribution in [2.45, 2.75) is 64.0 Å². The third-order valence-electron chi connectivity index (χ3n) is 4.91. The highest BCUT2D eigenvalue weighted by atomic mass is 127. The van der Waals surface area contributed by atoms with Crippen molar-refractivity contribution < 1.29 is 14.3 Å². The fourth-order valence-corrected chi connectivity index (χ4v) is 3.07. The number of aliphatic imine (C=N–C) groups is 1. The summed E-state index contributed by atoms with van der Waals surface area (Å²) in [7, 11) is 3.43. The van der Waals surface area contributed by atoms with Crippen molar-refractivity contribution in [3.63, 3.8) is 0 Å². The minimum absolute atomic E-state index is 0. The number of nitrogens with zero attached hydrogens (tertiary/aromatic N) is 1. The molecule has 2 rings (SSSR count). The van der Waals surface area contributed by atoms with Crippen LogP contribution in [0.3, 0.4) is 0 Å². The van der Waals surface area contributed by atoms with Crippen LogP contribution in [0.5, 0.6) is 5.75 Å². The zero-order chi connectivity index (χ0) is 21.7. The van der Waals surface area contributed by atoms with Crippen LogP contribution in [0.4, 0.5) is 4.79 Å². The number of alkyl carbamates (subject to hydrolysis) is 1. The Hall–Kier alpha value is -1.71. The van der Waals surface area contributed by atoms with E-state index in [4.69, 9.17) is 9.47 Å². The van der Waals surface area contributed by atoms with E-state index in [9.17, 15) is 4.79 Å². The molecule has 0 radical (unpaired) electrons. The first-order valence-corrected chi connectivity index (χ1v) is 10.1. The first kappa shape index (κ1) is 26.3. The first-order valence-electron chi connectivity index (χ1n) is 10.1. The van der Waals surface area contributed by atoms with Gasteiger partial charge in [-0.15, -0.1) is 24.0 Å². The van der Waals surface area contributed by atoms with Crippen LogP contribution >= 0.6 is 24.0 Å². The standard InChI is InChI=1S/C22H36N4O3.HI/c1-20(2,3)29-19(27)26-21(4,5)14-24-18(23-6)25-15-22(12-13-22)16-8-10-17(28-7)11-9-16;/h8-11H,12-15H2,1-7H3,(H,26,27)(H2,23,24,25);1H. The van der Waals surface area contributed by atoms with Gasteiger partial charge in [-0.25, -0.2) is 4.79 Å². The van der Waals surface area contributed by atoms with Crippen LogP contribution < -0.4 is 20.7 Å². The molecule has 1 saturated carbocycles. The molecule has 1 aromatic rings. The lowest BCUT2D eigenvalue weighted by Gasteiger charge is -2.29. The molecule has 1 aromatic carbocycles. The number of hydrogen-bond donors (Lipinski definition) is 3. The number of carbonyl (C=O) groups excluding carboxylic acids is 1. The molecule has 8 heteroatoms. The first-order chi connectivity index (χ1) is 13.5. The smallest absolute Gasteiger partial charge is 0.408 e. The van der Waals surface area contributed by atoms with Gasteiger partial charge in [0.1, 0.15) is 11.4 Å². The molecule has 0 atom stereocenters. The van der Waals surface area contributed by atoms with Gasteiger partial charge in [0.2, 0.25) is 0 Å². The molecule has 1 fully saturated rings. The van der Waals surface area contributed by atoms with Gasteiger partial charge in [-0.05, 0) is 65.2 Å². The molecule has 0 unspecified atom stereocenters. The van der Waals surface area contributed by atoms with E-state index in [0.717, 1.165) is 25.1 Å². The second-order valence-corrected chi connectivity index (χ2v) is 9.30. The van der Waals surface area contributed by atoms with Gasteiger partial charge >= 0.3 is 6.09 Å². The molecule has 1 amide bonds. The van der Waals surface area contributed by atoms with Gasteiger partial charge in [0.25, 0.3) is 0 Å². The number of rotatable bonds is 7. The van der Waals surface area contributed by atoms with Crippen LogP contribution in [0, 0.1) is 0 Å². The van der Waals surface area contributed by atoms with Crippen LogP contribution in [0.15, 0.2) is 29.3 Å². The van der Waals surface area contributed by atoms with Gasteiger partial charge in [0.05, 0.1) is 12.6 Å². The summed E-state index contributed by atoms with van der Waals surface area (Å²) in [5, 5.41) is 9.62. The molecule has 0 saturated heterocycles. The summed E-state index contributed by atoms with van der Waals surface area (Å²) in [6.45, 7) is 10.7. The van der Waals surface area contributed by atoms with Gasteiger partial charge in [-0.2, -0.15) is 0 Å². The lowest BCUT2D eigenvalue weighted by Crippen LogP contribution is -2.54. The van der Waals surface area contributed by atoms with Crippen LogP contribution in [0.25, 0.3) is 0 Å². The Bertz CT molecular complexity index is 723. The van der Waals surface area contributed by atoms with E-state index in [-0.39, 0.29) is 29.4 Å². The Labute approximate surface area is 197 Å². The summed E-state index contributed by atoms with van der Waals surface area (Å²) in [5.74, 6) is 1.58. The van der Waals surface area contributed by atoms with Crippen LogP contribution in [0.1, 0.15) is 53.0 Å². The number of benzene rings is 1. The maximum atomic E-state index is 12.0. The minimum Gasteiger partial charge on any atom is -0.497 e. The highest BCUT2D eigenvalue weighted by Crippen LogP contribution is 2.47. The van der Waals surface area contributed by atoms with E-state index in [2.05, 4.69) is 33.1 Å². The number of guanidine groups is 1. The summed E-state index contributed by atoms with van der Waals surface area (Å²) in [4.78, 5) is 16.4. The zero-order valence-electron chi connectivity index (χ0n) is 19.2. The van der Waals surface area contributed by atoms with Crippen molar-refractivity contribution >= 4 is 36.0 Å². The van der Waals surface area contributed by atoms with E-state index in [1.54, 1.807) is 14.2 Å². The van der Waals surface area contributed by atoms with Crippen LogP contribution in [0.2, 0.25) is 0 Å². The molecule has 0 aliphatic heterocycles. The zero-order valence-corrected chi connectivity index (χ0v) is 21.5. The molecule has 3 N–H and O–H groups in total. The summed E-state index contributed by atoms with van der Waals surface area (Å²) < 4.78 is 10.6. The monoisotopic (exact) mass is 532 g/mol. The number of hydrogen-bond acceptors (Lipinski definition) is 4. The average molecular weight is 532 g/mol. The van der Waals surface area contributed by atoms with Crippen molar-refractivity contribution in [1.29, 1.82) is 0 Å². The summed E-state index contributed by atoms with van der Waals surface area (Å²) in [5.41, 5.74) is 0.445. The van der Waals surface area contributed by atoms with Crippen LogP contribution in [-0.4, -0.2) is 50.4 Å². The third kappa shape index (κ3) is 8.20. The molecule has 7 nitrogen and oxygen atoms in total. The third-order valence-corrected chi connectivity index (χ3v) is 4.91. The highest BCUT2D eigenvalue weighted by Gasteiger charge is 2.44. The summed E-state index contributed by atoms with van der Waals surface area (Å²) in [6, 6.07) is 8.29. The van der Waals surface area contributed by atoms with Crippen molar-refractivity contribution in [3.05, 3.63) is 29.8 Å². The fraction of sp³-hybridized carbons (Fsp3) is 0.636. The minimum atomic E-state index is -0.523. The Morgan fingerprint density at radius 2 is 1.70 bits per heavy atom. The van der Waals surface area contributed by atoms with Gasteiger partial charge < -0.3 is 25.4 Å². The van der Waals surface area contributed by atoms with E-state index < -0.39 is 17.2 Å². The maximum Gasteiger partial charge on any atom is 0.408 e. The molecule has 1 aliphatic rings. The summed E-state index contributed by atoms with van der Waals surface area (Å²) >= 11 is 0. The maximum absolute atomic E-state index is 12.0. The Balaban J connectivity index is 0.00000450. The molecule has 170 valence electrons. The normalized spacial score (nSPS) is 15.5. The second kappa shape index (κ2) is 10.5. The largest absolute Gasteiger partial charge is 0.497 e. The van der Waals surface area contributed by atoms with Gasteiger partial charge in [-0.3, -0.25) is 4.99 Å². The topological polar surface area (TPSA) is 84.0 Å². The average Bonchev–Trinajstić information content (AvgIpc) is 3.41. The van der Waals surface area contributed by atoms with Crippen molar-refractivity contribution in [1.82, 2.24) is 16.0 Å². The van der Waals surface area contributed by atoms with Gasteiger partial charge in [-0.1, -0.05) is 12.1 Å². The van der Waals surface area contributed by atoms with Crippen molar-refractivity contribution in [2.75, 3.05) is 27.2 Å². The van der Waals surface area contributed by atoms with E-state index >= 15 is 0 Å². The number of nitrogens with one attached hydrogen (secondary N) is 3.